The minimum Gasteiger partial charge on any atom is -0.385 e. The molecule has 0 saturated carbocycles. The number of piperazine rings is 1. The molecule has 0 unspecified atom stereocenters. The highest BCUT2D eigenvalue weighted by molar-refractivity contribution is 6.06. The van der Waals surface area contributed by atoms with Gasteiger partial charge in [0, 0.05) is 56.2 Å². The van der Waals surface area contributed by atoms with E-state index in [1.165, 1.54) is 5.56 Å². The number of nitrogens with zero attached hydrogens (tertiary/aromatic N) is 2. The molecule has 0 bridgehead atoms. The second-order valence-electron chi connectivity index (χ2n) is 7.72. The Morgan fingerprint density at radius 1 is 0.968 bits per heavy atom. The Morgan fingerprint density at radius 2 is 1.65 bits per heavy atom. The number of carbonyl (C=O) groups excluding carboxylic acids is 1. The van der Waals surface area contributed by atoms with Crippen LogP contribution in [0.25, 0.3) is 0 Å². The highest BCUT2D eigenvalue weighted by Gasteiger charge is 2.18. The molecular formula is C23H33Cl3N4O. The van der Waals surface area contributed by atoms with Gasteiger partial charge < -0.3 is 15.5 Å². The molecule has 0 radical (unpaired) electrons. The quantitative estimate of drug-likeness (QED) is 0.642. The van der Waals surface area contributed by atoms with Crippen molar-refractivity contribution in [3.63, 3.8) is 0 Å². The lowest BCUT2D eigenvalue weighted by Crippen LogP contribution is -2.45. The van der Waals surface area contributed by atoms with E-state index in [1.807, 2.05) is 24.3 Å². The van der Waals surface area contributed by atoms with Gasteiger partial charge in [-0.25, -0.2) is 0 Å². The SMILES string of the molecule is CCN1CCN(Cc2ccc(NC(=O)c3cccc4c3CCCN4)cc2)CC1.Cl.Cl.Cl. The molecule has 0 atom stereocenters. The largest absolute Gasteiger partial charge is 0.385 e. The van der Waals surface area contributed by atoms with Crippen LogP contribution in [0.15, 0.2) is 42.5 Å². The van der Waals surface area contributed by atoms with Crippen LogP contribution < -0.4 is 10.6 Å². The number of hydrogen-bond acceptors (Lipinski definition) is 4. The van der Waals surface area contributed by atoms with Gasteiger partial charge in [-0.3, -0.25) is 9.69 Å². The molecule has 2 N–H and O–H groups in total. The Hall–Kier alpha value is -1.50. The first kappa shape index (κ1) is 27.5. The third-order valence-electron chi connectivity index (χ3n) is 5.87. The second-order valence-corrected chi connectivity index (χ2v) is 7.72. The number of halogens is 3. The summed E-state index contributed by atoms with van der Waals surface area (Å²) in [6.45, 7) is 9.88. The van der Waals surface area contributed by atoms with Crippen LogP contribution in [-0.4, -0.2) is 55.0 Å². The van der Waals surface area contributed by atoms with Crippen LogP contribution in [0.1, 0.15) is 34.8 Å². The molecule has 4 rings (SSSR count). The van der Waals surface area contributed by atoms with Crippen LogP contribution >= 0.6 is 37.2 Å². The lowest BCUT2D eigenvalue weighted by molar-refractivity contribution is 0.102. The van der Waals surface area contributed by atoms with Crippen LogP contribution in [0, 0.1) is 0 Å². The van der Waals surface area contributed by atoms with Gasteiger partial charge >= 0.3 is 0 Å². The summed E-state index contributed by atoms with van der Waals surface area (Å²) in [5.41, 5.74) is 5.16. The van der Waals surface area contributed by atoms with Gasteiger partial charge in [-0.2, -0.15) is 0 Å². The van der Waals surface area contributed by atoms with Gasteiger partial charge in [0.05, 0.1) is 0 Å². The normalized spacial score (nSPS) is 15.9. The van der Waals surface area contributed by atoms with E-state index in [0.717, 1.165) is 81.2 Å². The van der Waals surface area contributed by atoms with Crippen molar-refractivity contribution in [3.05, 3.63) is 59.2 Å². The van der Waals surface area contributed by atoms with E-state index < -0.39 is 0 Å². The Kier molecular flexibility index (Phi) is 11.7. The fraction of sp³-hybridized carbons (Fsp3) is 0.435. The van der Waals surface area contributed by atoms with E-state index in [1.54, 1.807) is 0 Å². The van der Waals surface area contributed by atoms with Crippen molar-refractivity contribution < 1.29 is 4.79 Å². The molecule has 8 heteroatoms. The van der Waals surface area contributed by atoms with Crippen molar-refractivity contribution in [2.75, 3.05) is 49.9 Å². The molecule has 1 fully saturated rings. The average Bonchev–Trinajstić information content (AvgIpc) is 2.75. The summed E-state index contributed by atoms with van der Waals surface area (Å²) in [7, 11) is 0. The fourth-order valence-corrected chi connectivity index (χ4v) is 4.14. The number of fused-ring (bicyclic) bond motifs is 1. The number of rotatable bonds is 5. The van der Waals surface area contributed by atoms with E-state index >= 15 is 0 Å². The number of benzene rings is 2. The monoisotopic (exact) mass is 486 g/mol. The summed E-state index contributed by atoms with van der Waals surface area (Å²) in [6.07, 6.45) is 2.02. The Labute approximate surface area is 204 Å². The van der Waals surface area contributed by atoms with Gasteiger partial charge in [-0.15, -0.1) is 37.2 Å². The number of likely N-dealkylation sites (N-methyl/N-ethyl adjacent to an activating group) is 1. The maximum atomic E-state index is 12.8. The Balaban J connectivity index is 0.00000160. The Bertz CT molecular complexity index is 824. The molecule has 2 aromatic carbocycles. The molecule has 5 nitrogen and oxygen atoms in total. The zero-order chi connectivity index (χ0) is 19.3. The summed E-state index contributed by atoms with van der Waals surface area (Å²) in [6, 6.07) is 14.2. The van der Waals surface area contributed by atoms with Crippen molar-refractivity contribution in [2.45, 2.75) is 26.3 Å². The van der Waals surface area contributed by atoms with E-state index in [4.69, 9.17) is 0 Å². The Morgan fingerprint density at radius 3 is 2.32 bits per heavy atom. The smallest absolute Gasteiger partial charge is 0.256 e. The van der Waals surface area contributed by atoms with E-state index in [2.05, 4.69) is 45.6 Å². The number of carbonyl (C=O) groups is 1. The van der Waals surface area contributed by atoms with Crippen LogP contribution in [0.4, 0.5) is 11.4 Å². The zero-order valence-electron chi connectivity index (χ0n) is 17.9. The van der Waals surface area contributed by atoms with Gasteiger partial charge in [0.25, 0.3) is 5.91 Å². The summed E-state index contributed by atoms with van der Waals surface area (Å²) >= 11 is 0. The topological polar surface area (TPSA) is 47.6 Å². The molecule has 2 aliphatic rings. The van der Waals surface area contributed by atoms with Crippen molar-refractivity contribution in [1.29, 1.82) is 0 Å². The number of nitrogens with one attached hydrogen (secondary N) is 2. The van der Waals surface area contributed by atoms with Gasteiger partial charge in [-0.1, -0.05) is 25.1 Å². The summed E-state index contributed by atoms with van der Waals surface area (Å²) in [5, 5.41) is 6.45. The van der Waals surface area contributed by atoms with Crippen LogP contribution in [0.2, 0.25) is 0 Å². The second kappa shape index (κ2) is 13.1. The molecule has 0 spiro atoms. The number of anilines is 2. The van der Waals surface area contributed by atoms with Crippen LogP contribution in [0.3, 0.4) is 0 Å². The van der Waals surface area contributed by atoms with Crippen molar-refractivity contribution in [1.82, 2.24) is 9.80 Å². The van der Waals surface area contributed by atoms with E-state index in [-0.39, 0.29) is 43.1 Å². The lowest BCUT2D eigenvalue weighted by Gasteiger charge is -2.34. The van der Waals surface area contributed by atoms with Crippen molar-refractivity contribution in [3.8, 4) is 0 Å². The summed E-state index contributed by atoms with van der Waals surface area (Å²) < 4.78 is 0. The average molecular weight is 488 g/mol. The molecule has 172 valence electrons. The highest BCUT2D eigenvalue weighted by Crippen LogP contribution is 2.26. The standard InChI is InChI=1S/C23H30N4O.3ClH/c1-2-26-13-15-27(16-14-26)17-18-8-10-19(11-9-18)25-23(28)21-5-3-7-22-20(21)6-4-12-24-22;;;/h3,5,7-11,24H,2,4,6,12-17H2,1H3,(H,25,28);3*1H. The van der Waals surface area contributed by atoms with Gasteiger partial charge in [0.2, 0.25) is 0 Å². The van der Waals surface area contributed by atoms with Crippen LogP contribution in [-0.2, 0) is 13.0 Å². The van der Waals surface area contributed by atoms with Crippen molar-refractivity contribution >= 4 is 54.5 Å². The van der Waals surface area contributed by atoms with Crippen molar-refractivity contribution in [2.24, 2.45) is 0 Å². The minimum absolute atomic E-state index is 0. The predicted octanol–water partition coefficient (Wildman–Crippen LogP) is 4.70. The molecule has 1 amide bonds. The third-order valence-corrected chi connectivity index (χ3v) is 5.87. The molecule has 1 saturated heterocycles. The van der Waals surface area contributed by atoms with Gasteiger partial charge in [0.1, 0.15) is 0 Å². The van der Waals surface area contributed by atoms with E-state index in [0.29, 0.717) is 0 Å². The molecule has 31 heavy (non-hydrogen) atoms. The molecular weight excluding hydrogens is 455 g/mol. The van der Waals surface area contributed by atoms with Gasteiger partial charge in [0.15, 0.2) is 0 Å². The lowest BCUT2D eigenvalue weighted by atomic mass is 9.97. The number of amides is 1. The maximum absolute atomic E-state index is 12.8. The van der Waals surface area contributed by atoms with Gasteiger partial charge in [-0.05, 0) is 54.8 Å². The molecule has 2 heterocycles. The minimum atomic E-state index is -0.0241. The summed E-state index contributed by atoms with van der Waals surface area (Å²) in [4.78, 5) is 17.8. The molecule has 0 aliphatic carbocycles. The fourth-order valence-electron chi connectivity index (χ4n) is 4.14. The molecule has 2 aliphatic heterocycles. The third kappa shape index (κ3) is 6.99. The zero-order valence-corrected chi connectivity index (χ0v) is 20.4. The number of hydrogen-bond donors (Lipinski definition) is 2. The first-order chi connectivity index (χ1) is 13.7. The first-order valence-electron chi connectivity index (χ1n) is 10.4. The van der Waals surface area contributed by atoms with Crippen LogP contribution in [0.5, 0.6) is 0 Å². The maximum Gasteiger partial charge on any atom is 0.256 e. The molecule has 2 aromatic rings. The van der Waals surface area contributed by atoms with E-state index in [9.17, 15) is 4.79 Å². The predicted molar refractivity (Wildman–Crippen MR) is 137 cm³/mol. The first-order valence-corrected chi connectivity index (χ1v) is 10.4. The summed E-state index contributed by atoms with van der Waals surface area (Å²) in [5.74, 6) is -0.0241. The highest BCUT2D eigenvalue weighted by atomic mass is 35.5. The molecule has 0 aromatic heterocycles.